The van der Waals surface area contributed by atoms with Gasteiger partial charge in [0.2, 0.25) is 0 Å². The molecule has 86 valence electrons. The Balaban J connectivity index is 2.44. The summed E-state index contributed by atoms with van der Waals surface area (Å²) in [6, 6.07) is 11.0. The molecule has 0 atom stereocenters. The number of Topliss-reactive ketones (excluding diaryl/α,β-unsaturated/α-hetero) is 1. The van der Waals surface area contributed by atoms with Crippen molar-refractivity contribution in [1.29, 1.82) is 0 Å². The van der Waals surface area contributed by atoms with Crippen LogP contribution in [0.15, 0.2) is 36.4 Å². The van der Waals surface area contributed by atoms with E-state index >= 15 is 0 Å². The van der Waals surface area contributed by atoms with E-state index in [9.17, 15) is 9.59 Å². The highest BCUT2D eigenvalue weighted by atomic mass is 16.5. The molecule has 0 unspecified atom stereocenters. The third kappa shape index (κ3) is 2.33. The zero-order valence-corrected chi connectivity index (χ0v) is 9.47. The number of hydrogen-bond donors (Lipinski definition) is 0. The Morgan fingerprint density at radius 3 is 2.59 bits per heavy atom. The first-order valence-corrected chi connectivity index (χ1v) is 5.29. The predicted molar refractivity (Wildman–Crippen MR) is 65.5 cm³/mol. The van der Waals surface area contributed by atoms with Crippen molar-refractivity contribution in [1.82, 2.24) is 0 Å². The second-order valence-corrected chi connectivity index (χ2v) is 3.72. The number of rotatable bonds is 4. The minimum Gasteiger partial charge on any atom is -0.497 e. The molecule has 0 aromatic heterocycles. The fourth-order valence-electron chi connectivity index (χ4n) is 1.72. The molecule has 0 aliphatic carbocycles. The van der Waals surface area contributed by atoms with Crippen LogP contribution in [-0.4, -0.2) is 19.2 Å². The van der Waals surface area contributed by atoms with E-state index in [1.54, 1.807) is 19.2 Å². The van der Waals surface area contributed by atoms with Crippen molar-refractivity contribution in [2.75, 3.05) is 7.11 Å². The zero-order valence-electron chi connectivity index (χ0n) is 9.47. The lowest BCUT2D eigenvalue weighted by atomic mass is 10.0. The Morgan fingerprint density at radius 2 is 1.88 bits per heavy atom. The van der Waals surface area contributed by atoms with Gasteiger partial charge in [0.15, 0.2) is 5.78 Å². The smallest absolute Gasteiger partial charge is 0.169 e. The van der Waals surface area contributed by atoms with Crippen molar-refractivity contribution < 1.29 is 14.3 Å². The first-order valence-electron chi connectivity index (χ1n) is 5.29. The maximum absolute atomic E-state index is 11.6. The zero-order chi connectivity index (χ0) is 12.3. The van der Waals surface area contributed by atoms with E-state index in [-0.39, 0.29) is 12.2 Å². The van der Waals surface area contributed by atoms with Crippen LogP contribution in [0, 0.1) is 0 Å². The molecule has 0 bridgehead atoms. The van der Waals surface area contributed by atoms with Crippen LogP contribution in [0.25, 0.3) is 10.8 Å². The standard InChI is InChI=1S/C14H12O3/c1-17-13-5-4-10-8-12(14(16)6-7-15)3-2-11(10)9-13/h2-5,7-9H,6H2,1H3. The molecule has 0 spiro atoms. The number of methoxy groups -OCH3 is 1. The van der Waals surface area contributed by atoms with E-state index in [2.05, 4.69) is 0 Å². The molecule has 0 aliphatic rings. The van der Waals surface area contributed by atoms with Gasteiger partial charge in [0, 0.05) is 5.56 Å². The van der Waals surface area contributed by atoms with Crippen LogP contribution in [-0.2, 0) is 4.79 Å². The van der Waals surface area contributed by atoms with Gasteiger partial charge in [-0.05, 0) is 29.0 Å². The van der Waals surface area contributed by atoms with E-state index in [4.69, 9.17) is 4.74 Å². The van der Waals surface area contributed by atoms with Crippen molar-refractivity contribution >= 4 is 22.8 Å². The van der Waals surface area contributed by atoms with Gasteiger partial charge < -0.3 is 9.53 Å². The summed E-state index contributed by atoms with van der Waals surface area (Å²) >= 11 is 0. The minimum atomic E-state index is -0.155. The van der Waals surface area contributed by atoms with E-state index in [0.29, 0.717) is 11.8 Å². The lowest BCUT2D eigenvalue weighted by Gasteiger charge is -2.04. The maximum Gasteiger partial charge on any atom is 0.169 e. The molecule has 17 heavy (non-hydrogen) atoms. The van der Waals surface area contributed by atoms with Gasteiger partial charge in [0.25, 0.3) is 0 Å². The molecule has 2 rings (SSSR count). The monoisotopic (exact) mass is 228 g/mol. The quantitative estimate of drug-likeness (QED) is 0.459. The minimum absolute atomic E-state index is 0.0678. The van der Waals surface area contributed by atoms with Crippen LogP contribution < -0.4 is 4.74 Å². The molecule has 0 saturated carbocycles. The average molecular weight is 228 g/mol. The summed E-state index contributed by atoms with van der Waals surface area (Å²) in [6.07, 6.45) is 0.558. The number of ether oxygens (including phenoxy) is 1. The number of carbonyl (C=O) groups excluding carboxylic acids is 2. The Hall–Kier alpha value is -2.16. The number of fused-ring (bicyclic) bond motifs is 1. The Kier molecular flexibility index (Phi) is 3.19. The molecule has 3 nitrogen and oxygen atoms in total. The second kappa shape index (κ2) is 4.78. The number of aldehydes is 1. The summed E-state index contributed by atoms with van der Waals surface area (Å²) < 4.78 is 5.13. The largest absolute Gasteiger partial charge is 0.497 e. The normalized spacial score (nSPS) is 10.2. The molecule has 0 saturated heterocycles. The molecule has 2 aromatic rings. The highest BCUT2D eigenvalue weighted by Crippen LogP contribution is 2.22. The first kappa shape index (κ1) is 11.3. The lowest BCUT2D eigenvalue weighted by Crippen LogP contribution is -1.99. The number of benzene rings is 2. The van der Waals surface area contributed by atoms with Crippen molar-refractivity contribution in [3.8, 4) is 5.75 Å². The molecule has 3 heteroatoms. The van der Waals surface area contributed by atoms with Gasteiger partial charge in [-0.2, -0.15) is 0 Å². The van der Waals surface area contributed by atoms with Gasteiger partial charge in [-0.15, -0.1) is 0 Å². The molecular formula is C14H12O3. The second-order valence-electron chi connectivity index (χ2n) is 3.72. The Morgan fingerprint density at radius 1 is 1.18 bits per heavy atom. The lowest BCUT2D eigenvalue weighted by molar-refractivity contribution is -0.107. The number of hydrogen-bond acceptors (Lipinski definition) is 3. The van der Waals surface area contributed by atoms with Crippen LogP contribution in [0.5, 0.6) is 5.75 Å². The van der Waals surface area contributed by atoms with Crippen LogP contribution in [0.3, 0.4) is 0 Å². The Labute approximate surface area is 99.0 Å². The van der Waals surface area contributed by atoms with Gasteiger partial charge in [0.05, 0.1) is 13.5 Å². The van der Waals surface area contributed by atoms with Crippen molar-refractivity contribution in [3.63, 3.8) is 0 Å². The molecule has 0 heterocycles. The van der Waals surface area contributed by atoms with Gasteiger partial charge in [0.1, 0.15) is 12.0 Å². The van der Waals surface area contributed by atoms with Gasteiger partial charge in [-0.25, -0.2) is 0 Å². The fourth-order valence-corrected chi connectivity index (χ4v) is 1.72. The van der Waals surface area contributed by atoms with Crippen LogP contribution in [0.2, 0.25) is 0 Å². The third-order valence-electron chi connectivity index (χ3n) is 2.64. The average Bonchev–Trinajstić information content (AvgIpc) is 2.37. The van der Waals surface area contributed by atoms with E-state index < -0.39 is 0 Å². The summed E-state index contributed by atoms with van der Waals surface area (Å²) in [7, 11) is 1.61. The highest BCUT2D eigenvalue weighted by molar-refractivity contribution is 6.05. The van der Waals surface area contributed by atoms with Crippen molar-refractivity contribution in [2.45, 2.75) is 6.42 Å². The molecule has 0 radical (unpaired) electrons. The van der Waals surface area contributed by atoms with Crippen molar-refractivity contribution in [2.24, 2.45) is 0 Å². The van der Waals surface area contributed by atoms with Gasteiger partial charge >= 0.3 is 0 Å². The summed E-state index contributed by atoms with van der Waals surface area (Å²) in [6.45, 7) is 0. The summed E-state index contributed by atoms with van der Waals surface area (Å²) in [4.78, 5) is 21.9. The molecular weight excluding hydrogens is 216 g/mol. The van der Waals surface area contributed by atoms with Gasteiger partial charge in [-0.1, -0.05) is 18.2 Å². The topological polar surface area (TPSA) is 43.4 Å². The summed E-state index contributed by atoms with van der Waals surface area (Å²) in [5.74, 6) is 0.627. The number of ketones is 1. The summed E-state index contributed by atoms with van der Waals surface area (Å²) in [5.41, 5.74) is 0.565. The molecule has 0 fully saturated rings. The van der Waals surface area contributed by atoms with E-state index in [1.807, 2.05) is 24.3 Å². The van der Waals surface area contributed by atoms with E-state index in [1.165, 1.54) is 0 Å². The summed E-state index contributed by atoms with van der Waals surface area (Å²) in [5, 5.41) is 1.97. The number of carbonyl (C=O) groups is 2. The SMILES string of the molecule is COc1ccc2cc(C(=O)CC=O)ccc2c1. The van der Waals surface area contributed by atoms with Crippen LogP contribution in [0.1, 0.15) is 16.8 Å². The van der Waals surface area contributed by atoms with Crippen LogP contribution in [0.4, 0.5) is 0 Å². The molecule has 2 aromatic carbocycles. The maximum atomic E-state index is 11.6. The Bertz CT molecular complexity index is 573. The van der Waals surface area contributed by atoms with Crippen molar-refractivity contribution in [3.05, 3.63) is 42.0 Å². The van der Waals surface area contributed by atoms with E-state index in [0.717, 1.165) is 16.5 Å². The molecule has 0 aliphatic heterocycles. The molecule has 0 amide bonds. The van der Waals surface area contributed by atoms with Crippen LogP contribution >= 0.6 is 0 Å². The fraction of sp³-hybridized carbons (Fsp3) is 0.143. The predicted octanol–water partition coefficient (Wildman–Crippen LogP) is 2.62. The first-order chi connectivity index (χ1) is 8.24. The highest BCUT2D eigenvalue weighted by Gasteiger charge is 2.06. The van der Waals surface area contributed by atoms with Gasteiger partial charge in [-0.3, -0.25) is 4.79 Å². The third-order valence-corrected chi connectivity index (χ3v) is 2.64. The molecule has 0 N–H and O–H groups in total.